The van der Waals surface area contributed by atoms with E-state index in [-0.39, 0.29) is 0 Å². The first-order valence-electron chi connectivity index (χ1n) is 5.59. The maximum absolute atomic E-state index is 5.69. The maximum Gasteiger partial charge on any atom is 0.268 e. The van der Waals surface area contributed by atoms with Crippen LogP contribution in [0.1, 0.15) is 5.56 Å². The van der Waals surface area contributed by atoms with Gasteiger partial charge in [-0.1, -0.05) is 33.2 Å². The van der Waals surface area contributed by atoms with Crippen molar-refractivity contribution in [3.8, 4) is 22.2 Å². The smallest absolute Gasteiger partial charge is 0.268 e. The minimum Gasteiger partial charge on any atom is -0.391 e. The molecular weight excluding hydrogens is 326 g/mol. The molecule has 0 aliphatic heterocycles. The van der Waals surface area contributed by atoms with Gasteiger partial charge in [0.25, 0.3) is 5.89 Å². The molecule has 3 rings (SSSR count). The van der Waals surface area contributed by atoms with Crippen LogP contribution in [0.3, 0.4) is 0 Å². The molecule has 96 valence electrons. The average molecular weight is 336 g/mol. The van der Waals surface area contributed by atoms with Crippen LogP contribution in [0.15, 0.2) is 39.3 Å². The zero-order valence-electron chi connectivity index (χ0n) is 10.1. The van der Waals surface area contributed by atoms with Gasteiger partial charge in [-0.25, -0.2) is 0 Å². The molecule has 0 unspecified atom stereocenters. The van der Waals surface area contributed by atoms with Gasteiger partial charge in [0.1, 0.15) is 0 Å². The van der Waals surface area contributed by atoms with Crippen LogP contribution in [0.2, 0.25) is 0 Å². The number of hydrogen-bond donors (Lipinski definition) is 1. The lowest BCUT2D eigenvalue weighted by molar-refractivity contribution is 0.433. The Morgan fingerprint density at radius 1 is 1.26 bits per heavy atom. The van der Waals surface area contributed by atoms with Gasteiger partial charge in [-0.05, 0) is 30.7 Å². The Hall–Kier alpha value is -1.66. The summed E-state index contributed by atoms with van der Waals surface area (Å²) in [5.41, 5.74) is 7.77. The van der Waals surface area contributed by atoms with Crippen molar-refractivity contribution >= 4 is 32.3 Å². The number of aryl methyl sites for hydroxylation is 1. The fourth-order valence-electron chi connectivity index (χ4n) is 1.64. The molecule has 0 saturated heterocycles. The molecule has 4 nitrogen and oxygen atoms in total. The van der Waals surface area contributed by atoms with Crippen LogP contribution in [-0.4, -0.2) is 10.1 Å². The van der Waals surface area contributed by atoms with Crippen LogP contribution in [0, 0.1) is 6.92 Å². The van der Waals surface area contributed by atoms with Gasteiger partial charge in [0.2, 0.25) is 5.82 Å². The highest BCUT2D eigenvalue weighted by molar-refractivity contribution is 9.10. The molecule has 0 radical (unpaired) electrons. The topological polar surface area (TPSA) is 64.9 Å². The zero-order chi connectivity index (χ0) is 13.4. The Kier molecular flexibility index (Phi) is 3.12. The maximum atomic E-state index is 5.69. The van der Waals surface area contributed by atoms with E-state index in [1.54, 1.807) is 0 Å². The SMILES string of the molecule is Cc1ccc(-c2noc(-c3ccc(N)s3)n2)cc1Br. The Labute approximate surface area is 122 Å². The van der Waals surface area contributed by atoms with Crippen molar-refractivity contribution in [2.24, 2.45) is 0 Å². The number of thiophene rings is 1. The van der Waals surface area contributed by atoms with Crippen molar-refractivity contribution in [1.29, 1.82) is 0 Å². The Bertz CT molecular complexity index is 735. The predicted octanol–water partition coefficient (Wildman–Crippen LogP) is 4.12. The van der Waals surface area contributed by atoms with Crippen molar-refractivity contribution in [3.05, 3.63) is 40.4 Å². The zero-order valence-corrected chi connectivity index (χ0v) is 12.5. The summed E-state index contributed by atoms with van der Waals surface area (Å²) in [6.07, 6.45) is 0. The highest BCUT2D eigenvalue weighted by Gasteiger charge is 2.12. The summed E-state index contributed by atoms with van der Waals surface area (Å²) in [4.78, 5) is 5.27. The second-order valence-electron chi connectivity index (χ2n) is 4.09. The quantitative estimate of drug-likeness (QED) is 0.765. The van der Waals surface area contributed by atoms with Crippen LogP contribution >= 0.6 is 27.3 Å². The van der Waals surface area contributed by atoms with Crippen LogP contribution in [-0.2, 0) is 0 Å². The number of halogens is 1. The van der Waals surface area contributed by atoms with E-state index in [0.717, 1.165) is 19.9 Å². The van der Waals surface area contributed by atoms with Gasteiger partial charge < -0.3 is 10.3 Å². The standard InChI is InChI=1S/C13H10BrN3OS/c1-7-2-3-8(6-9(7)14)12-16-13(18-17-12)10-4-5-11(15)19-10/h2-6H,15H2,1H3. The molecule has 0 fully saturated rings. The molecule has 0 saturated carbocycles. The van der Waals surface area contributed by atoms with Gasteiger partial charge in [-0.2, -0.15) is 4.98 Å². The van der Waals surface area contributed by atoms with Crippen molar-refractivity contribution < 1.29 is 4.52 Å². The molecule has 1 aromatic carbocycles. The summed E-state index contributed by atoms with van der Waals surface area (Å²) in [7, 11) is 0. The summed E-state index contributed by atoms with van der Waals surface area (Å²) in [5, 5.41) is 4.73. The first-order valence-corrected chi connectivity index (χ1v) is 7.20. The molecule has 6 heteroatoms. The van der Waals surface area contributed by atoms with E-state index in [0.29, 0.717) is 11.7 Å². The van der Waals surface area contributed by atoms with E-state index in [1.807, 2.05) is 37.3 Å². The minimum absolute atomic E-state index is 0.494. The highest BCUT2D eigenvalue weighted by atomic mass is 79.9. The molecule has 19 heavy (non-hydrogen) atoms. The van der Waals surface area contributed by atoms with Gasteiger partial charge in [0, 0.05) is 10.0 Å². The van der Waals surface area contributed by atoms with Crippen molar-refractivity contribution in [1.82, 2.24) is 10.1 Å². The lowest BCUT2D eigenvalue weighted by Crippen LogP contribution is -1.83. The normalized spacial score (nSPS) is 10.8. The number of rotatable bonds is 2. The first kappa shape index (κ1) is 12.4. The molecule has 2 N–H and O–H groups in total. The summed E-state index contributed by atoms with van der Waals surface area (Å²) in [5.74, 6) is 1.07. The van der Waals surface area contributed by atoms with Crippen LogP contribution in [0.5, 0.6) is 0 Å². The van der Waals surface area contributed by atoms with Gasteiger partial charge in [0.05, 0.1) is 9.88 Å². The van der Waals surface area contributed by atoms with E-state index < -0.39 is 0 Å². The molecule has 0 aliphatic rings. The molecule has 3 aromatic rings. The summed E-state index contributed by atoms with van der Waals surface area (Å²) in [6, 6.07) is 9.66. The number of aromatic nitrogens is 2. The van der Waals surface area contributed by atoms with E-state index in [1.165, 1.54) is 16.9 Å². The number of hydrogen-bond acceptors (Lipinski definition) is 5. The van der Waals surface area contributed by atoms with E-state index >= 15 is 0 Å². The number of anilines is 1. The lowest BCUT2D eigenvalue weighted by atomic mass is 10.1. The largest absolute Gasteiger partial charge is 0.391 e. The Morgan fingerprint density at radius 2 is 2.11 bits per heavy atom. The second-order valence-corrected chi connectivity index (χ2v) is 6.06. The van der Waals surface area contributed by atoms with Crippen molar-refractivity contribution in [2.45, 2.75) is 6.92 Å². The molecule has 0 aliphatic carbocycles. The third-order valence-electron chi connectivity index (χ3n) is 2.69. The first-order chi connectivity index (χ1) is 9.13. The predicted molar refractivity (Wildman–Crippen MR) is 79.9 cm³/mol. The third-order valence-corrected chi connectivity index (χ3v) is 4.45. The molecular formula is C13H10BrN3OS. The molecule has 0 amide bonds. The molecule has 0 spiro atoms. The molecule has 0 bridgehead atoms. The molecule has 2 heterocycles. The molecule has 0 atom stereocenters. The highest BCUT2D eigenvalue weighted by Crippen LogP contribution is 2.30. The van der Waals surface area contributed by atoms with Crippen LogP contribution in [0.4, 0.5) is 5.00 Å². The summed E-state index contributed by atoms with van der Waals surface area (Å²) < 4.78 is 6.29. The number of nitrogen functional groups attached to an aromatic ring is 1. The van der Waals surface area contributed by atoms with E-state index in [4.69, 9.17) is 10.3 Å². The fraction of sp³-hybridized carbons (Fsp3) is 0.0769. The van der Waals surface area contributed by atoms with Gasteiger partial charge in [-0.15, -0.1) is 11.3 Å². The van der Waals surface area contributed by atoms with Gasteiger partial charge >= 0.3 is 0 Å². The number of nitrogens with two attached hydrogens (primary N) is 1. The minimum atomic E-state index is 0.494. The molecule has 2 aromatic heterocycles. The monoisotopic (exact) mass is 335 g/mol. The third kappa shape index (κ3) is 2.41. The van der Waals surface area contributed by atoms with Crippen LogP contribution in [0.25, 0.3) is 22.2 Å². The Morgan fingerprint density at radius 3 is 2.79 bits per heavy atom. The number of benzene rings is 1. The van der Waals surface area contributed by atoms with Crippen molar-refractivity contribution in [3.63, 3.8) is 0 Å². The van der Waals surface area contributed by atoms with Gasteiger partial charge in [0.15, 0.2) is 0 Å². The fourth-order valence-corrected chi connectivity index (χ4v) is 2.72. The van der Waals surface area contributed by atoms with E-state index in [2.05, 4.69) is 26.1 Å². The lowest BCUT2D eigenvalue weighted by Gasteiger charge is -1.99. The van der Waals surface area contributed by atoms with Gasteiger partial charge in [-0.3, -0.25) is 0 Å². The number of nitrogens with zero attached hydrogens (tertiary/aromatic N) is 2. The second kappa shape index (κ2) is 4.79. The average Bonchev–Trinajstić information content (AvgIpc) is 3.01. The summed E-state index contributed by atoms with van der Waals surface area (Å²) >= 11 is 4.92. The van der Waals surface area contributed by atoms with Crippen molar-refractivity contribution in [2.75, 3.05) is 5.73 Å². The summed E-state index contributed by atoms with van der Waals surface area (Å²) in [6.45, 7) is 2.03. The Balaban J connectivity index is 1.98. The van der Waals surface area contributed by atoms with E-state index in [9.17, 15) is 0 Å². The van der Waals surface area contributed by atoms with Crippen LogP contribution < -0.4 is 5.73 Å².